The van der Waals surface area contributed by atoms with E-state index in [9.17, 15) is 14.0 Å². The molecule has 0 bridgehead atoms. The number of thioether (sulfide) groups is 1. The van der Waals surface area contributed by atoms with Gasteiger partial charge in [-0.1, -0.05) is 0 Å². The summed E-state index contributed by atoms with van der Waals surface area (Å²) in [5.41, 5.74) is 0.543. The number of benzene rings is 1. The first kappa shape index (κ1) is 19.7. The first-order chi connectivity index (χ1) is 12.0. The number of carbonyl (C=O) groups excluding carboxylic acids is 2. The van der Waals surface area contributed by atoms with Gasteiger partial charge in [-0.2, -0.15) is 0 Å². The first-order valence-corrected chi connectivity index (χ1v) is 9.62. The van der Waals surface area contributed by atoms with Crippen molar-refractivity contribution in [3.8, 4) is 0 Å². The smallest absolute Gasteiger partial charge is 0.235 e. The summed E-state index contributed by atoms with van der Waals surface area (Å²) in [5, 5.41) is 2.40. The van der Waals surface area contributed by atoms with E-state index in [1.807, 2.05) is 18.7 Å². The van der Waals surface area contributed by atoms with E-state index in [1.54, 1.807) is 0 Å². The lowest BCUT2D eigenvalue weighted by Crippen LogP contribution is -2.46. The largest absolute Gasteiger partial charge is 0.377 e. The Balaban J connectivity index is 1.76. The second-order valence-corrected chi connectivity index (χ2v) is 7.34. The number of likely N-dealkylation sites (tertiary alicyclic amines) is 1. The average molecular weight is 368 g/mol. The third-order valence-electron chi connectivity index (χ3n) is 4.03. The molecule has 1 aromatic carbocycles. The van der Waals surface area contributed by atoms with Crippen LogP contribution in [0.2, 0.25) is 0 Å². The van der Waals surface area contributed by atoms with Crippen molar-refractivity contribution in [1.82, 2.24) is 4.90 Å². The fourth-order valence-corrected chi connectivity index (χ4v) is 3.53. The summed E-state index contributed by atoms with van der Waals surface area (Å²) in [6, 6.07) is 5.60. The lowest BCUT2D eigenvalue weighted by Gasteiger charge is -2.34. The third kappa shape index (κ3) is 6.32. The summed E-state index contributed by atoms with van der Waals surface area (Å²) in [6.45, 7) is 5.80. The van der Waals surface area contributed by atoms with E-state index in [4.69, 9.17) is 4.74 Å². The van der Waals surface area contributed by atoms with Crippen molar-refractivity contribution in [2.24, 2.45) is 0 Å². The van der Waals surface area contributed by atoms with Gasteiger partial charge in [0.2, 0.25) is 11.8 Å². The maximum Gasteiger partial charge on any atom is 0.235 e. The summed E-state index contributed by atoms with van der Waals surface area (Å²) in [7, 11) is 0. The van der Waals surface area contributed by atoms with E-state index in [0.717, 1.165) is 19.4 Å². The second kappa shape index (κ2) is 9.77. The van der Waals surface area contributed by atoms with Crippen LogP contribution in [-0.2, 0) is 14.3 Å². The minimum Gasteiger partial charge on any atom is -0.377 e. The molecule has 7 heteroatoms. The van der Waals surface area contributed by atoms with Crippen LogP contribution in [0.4, 0.5) is 10.1 Å². The van der Waals surface area contributed by atoms with Crippen LogP contribution in [0.1, 0.15) is 26.7 Å². The number of nitrogens with one attached hydrogen (secondary N) is 1. The van der Waals surface area contributed by atoms with Crippen LogP contribution in [0.5, 0.6) is 0 Å². The molecule has 0 radical (unpaired) electrons. The second-order valence-electron chi connectivity index (χ2n) is 6.01. The highest BCUT2D eigenvalue weighted by Gasteiger charge is 2.27. The zero-order valence-electron chi connectivity index (χ0n) is 14.7. The van der Waals surface area contributed by atoms with Crippen LogP contribution < -0.4 is 5.32 Å². The summed E-state index contributed by atoms with van der Waals surface area (Å²) in [4.78, 5) is 26.3. The normalized spacial score (nSPS) is 18.7. The average Bonchev–Trinajstić information content (AvgIpc) is 2.61. The van der Waals surface area contributed by atoms with Crippen molar-refractivity contribution in [3.05, 3.63) is 30.1 Å². The zero-order valence-corrected chi connectivity index (χ0v) is 15.5. The van der Waals surface area contributed by atoms with Gasteiger partial charge in [-0.25, -0.2) is 4.39 Å². The predicted octanol–water partition coefficient (Wildman–Crippen LogP) is 2.91. The van der Waals surface area contributed by atoms with E-state index in [1.165, 1.54) is 36.0 Å². The topological polar surface area (TPSA) is 58.6 Å². The highest BCUT2D eigenvalue weighted by atomic mass is 32.2. The van der Waals surface area contributed by atoms with Crippen molar-refractivity contribution in [1.29, 1.82) is 0 Å². The van der Waals surface area contributed by atoms with Crippen molar-refractivity contribution >= 4 is 29.3 Å². The van der Waals surface area contributed by atoms with Gasteiger partial charge in [0.15, 0.2) is 0 Å². The molecular formula is C18H25FN2O3S. The van der Waals surface area contributed by atoms with E-state index in [-0.39, 0.29) is 34.7 Å². The van der Waals surface area contributed by atoms with Crippen molar-refractivity contribution in [2.75, 3.05) is 30.8 Å². The summed E-state index contributed by atoms with van der Waals surface area (Å²) in [6.07, 6.45) is 2.04. The van der Waals surface area contributed by atoms with Gasteiger partial charge in [-0.3, -0.25) is 9.59 Å². The number of rotatable bonds is 7. The van der Waals surface area contributed by atoms with Crippen LogP contribution >= 0.6 is 11.8 Å². The Morgan fingerprint density at radius 1 is 1.40 bits per heavy atom. The van der Waals surface area contributed by atoms with Gasteiger partial charge in [0.1, 0.15) is 5.82 Å². The maximum absolute atomic E-state index is 12.9. The molecule has 1 aliphatic rings. The number of amides is 2. The van der Waals surface area contributed by atoms with Gasteiger partial charge in [0.05, 0.1) is 17.1 Å². The molecule has 1 N–H and O–H groups in total. The minimum atomic E-state index is -0.349. The number of nitrogens with zero attached hydrogens (tertiary/aromatic N) is 1. The molecule has 1 fully saturated rings. The molecular weight excluding hydrogens is 343 g/mol. The Morgan fingerprint density at radius 2 is 2.12 bits per heavy atom. The number of hydrogen-bond donors (Lipinski definition) is 1. The quantitative estimate of drug-likeness (QED) is 0.804. The van der Waals surface area contributed by atoms with Crippen LogP contribution in [0.15, 0.2) is 24.3 Å². The van der Waals surface area contributed by atoms with Gasteiger partial charge >= 0.3 is 0 Å². The Bertz CT molecular complexity index is 580. The molecule has 2 rings (SSSR count). The van der Waals surface area contributed by atoms with Crippen LogP contribution in [0.3, 0.4) is 0 Å². The van der Waals surface area contributed by atoms with Gasteiger partial charge in [0, 0.05) is 25.4 Å². The standard InChI is InChI=1S/C18H25FN2O3S/c1-3-24-16-5-4-10-21(11-16)18(23)13(2)25-12-17(22)20-15-8-6-14(19)7-9-15/h6-9,13,16H,3-5,10-12H2,1-2H3,(H,20,22). The molecule has 0 aliphatic carbocycles. The fraction of sp³-hybridized carbons (Fsp3) is 0.556. The molecule has 2 unspecified atom stereocenters. The van der Waals surface area contributed by atoms with Crippen molar-refractivity contribution < 1.29 is 18.7 Å². The molecule has 1 saturated heterocycles. The van der Waals surface area contributed by atoms with Crippen LogP contribution in [0, 0.1) is 5.82 Å². The number of carbonyl (C=O) groups is 2. The maximum atomic E-state index is 12.9. The minimum absolute atomic E-state index is 0.0454. The highest BCUT2D eigenvalue weighted by molar-refractivity contribution is 8.01. The highest BCUT2D eigenvalue weighted by Crippen LogP contribution is 2.19. The number of ether oxygens (including phenoxy) is 1. The van der Waals surface area contributed by atoms with Crippen LogP contribution in [0.25, 0.3) is 0 Å². The van der Waals surface area contributed by atoms with Gasteiger partial charge in [0.25, 0.3) is 0 Å². The molecule has 0 spiro atoms. The predicted molar refractivity (Wildman–Crippen MR) is 98.2 cm³/mol. The third-order valence-corrected chi connectivity index (χ3v) is 5.16. The Morgan fingerprint density at radius 3 is 2.80 bits per heavy atom. The molecule has 5 nitrogen and oxygen atoms in total. The Labute approximate surface area is 152 Å². The lowest BCUT2D eigenvalue weighted by molar-refractivity contribution is -0.134. The molecule has 138 valence electrons. The van der Waals surface area contributed by atoms with E-state index in [0.29, 0.717) is 18.8 Å². The van der Waals surface area contributed by atoms with E-state index >= 15 is 0 Å². The SMILES string of the molecule is CCOC1CCCN(C(=O)C(C)SCC(=O)Nc2ccc(F)cc2)C1. The number of piperidine rings is 1. The molecule has 1 aromatic rings. The van der Waals surface area contributed by atoms with Gasteiger partial charge in [-0.05, 0) is 51.0 Å². The summed E-state index contributed by atoms with van der Waals surface area (Å²) in [5.74, 6) is -0.336. The molecule has 0 saturated carbocycles. The number of halogens is 1. The molecule has 1 heterocycles. The molecule has 2 amide bonds. The fourth-order valence-electron chi connectivity index (χ4n) is 2.77. The molecule has 25 heavy (non-hydrogen) atoms. The lowest BCUT2D eigenvalue weighted by atomic mass is 10.1. The van der Waals surface area contributed by atoms with Crippen molar-refractivity contribution in [2.45, 2.75) is 38.0 Å². The molecule has 1 aliphatic heterocycles. The molecule has 0 aromatic heterocycles. The first-order valence-electron chi connectivity index (χ1n) is 8.57. The number of hydrogen-bond acceptors (Lipinski definition) is 4. The Kier molecular flexibility index (Phi) is 7.71. The summed E-state index contributed by atoms with van der Waals surface area (Å²) >= 11 is 1.31. The van der Waals surface area contributed by atoms with E-state index in [2.05, 4.69) is 5.32 Å². The monoisotopic (exact) mass is 368 g/mol. The summed E-state index contributed by atoms with van der Waals surface area (Å²) < 4.78 is 18.5. The van der Waals surface area contributed by atoms with Crippen LogP contribution in [-0.4, -0.2) is 53.5 Å². The van der Waals surface area contributed by atoms with Gasteiger partial charge in [-0.15, -0.1) is 11.8 Å². The molecule has 2 atom stereocenters. The zero-order chi connectivity index (χ0) is 18.2. The number of anilines is 1. The van der Waals surface area contributed by atoms with Gasteiger partial charge < -0.3 is 15.0 Å². The van der Waals surface area contributed by atoms with E-state index < -0.39 is 0 Å². The van der Waals surface area contributed by atoms with Crippen molar-refractivity contribution in [3.63, 3.8) is 0 Å². The Hall–Kier alpha value is -1.60.